The Morgan fingerprint density at radius 1 is 1.67 bits per heavy atom. The summed E-state index contributed by atoms with van der Waals surface area (Å²) in [5.41, 5.74) is 0.755. The quantitative estimate of drug-likeness (QED) is 0.725. The van der Waals surface area contributed by atoms with E-state index in [1.807, 2.05) is 17.5 Å². The third-order valence-corrected chi connectivity index (χ3v) is 2.28. The van der Waals surface area contributed by atoms with Gasteiger partial charge in [-0.1, -0.05) is 18.2 Å². The first kappa shape index (κ1) is 9.00. The summed E-state index contributed by atoms with van der Waals surface area (Å²) in [5.74, 6) is -0.809. The van der Waals surface area contributed by atoms with Gasteiger partial charge in [0.2, 0.25) is 0 Å². The average molecular weight is 182 g/mol. The minimum absolute atomic E-state index is 0.0674. The molecule has 0 aliphatic rings. The standard InChI is InChI=1S/C9H10O2S/c1-7(6-9(10)11)5-8-3-2-4-12-8/h2-4H,1,5-6H2,(H,10,11). The van der Waals surface area contributed by atoms with Crippen LogP contribution in [0.1, 0.15) is 11.3 Å². The van der Waals surface area contributed by atoms with Crippen LogP contribution in [0, 0.1) is 0 Å². The second-order valence-electron chi connectivity index (χ2n) is 2.58. The molecule has 64 valence electrons. The van der Waals surface area contributed by atoms with Gasteiger partial charge in [-0.2, -0.15) is 0 Å². The van der Waals surface area contributed by atoms with Gasteiger partial charge in [-0.15, -0.1) is 11.3 Å². The van der Waals surface area contributed by atoms with E-state index >= 15 is 0 Å². The molecule has 0 radical (unpaired) electrons. The van der Waals surface area contributed by atoms with Gasteiger partial charge in [0.15, 0.2) is 0 Å². The van der Waals surface area contributed by atoms with Crippen molar-refractivity contribution >= 4 is 17.3 Å². The highest BCUT2D eigenvalue weighted by atomic mass is 32.1. The van der Waals surface area contributed by atoms with Gasteiger partial charge in [-0.25, -0.2) is 0 Å². The number of carboxylic acids is 1. The third kappa shape index (κ3) is 2.88. The SMILES string of the molecule is C=C(CC(=O)O)Cc1cccs1. The molecule has 0 bridgehead atoms. The van der Waals surface area contributed by atoms with Crippen molar-refractivity contribution in [3.05, 3.63) is 34.5 Å². The van der Waals surface area contributed by atoms with Crippen molar-refractivity contribution in [2.24, 2.45) is 0 Å². The second kappa shape index (κ2) is 4.07. The Kier molecular flexibility index (Phi) is 3.05. The number of hydrogen-bond acceptors (Lipinski definition) is 2. The van der Waals surface area contributed by atoms with E-state index in [1.54, 1.807) is 11.3 Å². The van der Waals surface area contributed by atoms with E-state index in [1.165, 1.54) is 4.88 Å². The molecule has 1 N–H and O–H groups in total. The number of carbonyl (C=O) groups is 1. The topological polar surface area (TPSA) is 37.3 Å². The molecule has 0 aliphatic heterocycles. The van der Waals surface area contributed by atoms with Gasteiger partial charge >= 0.3 is 5.97 Å². The zero-order valence-electron chi connectivity index (χ0n) is 6.62. The predicted molar refractivity (Wildman–Crippen MR) is 49.4 cm³/mol. The molecule has 0 atom stereocenters. The molecule has 1 aromatic rings. The number of aliphatic carboxylic acids is 1. The molecular formula is C9H10O2S. The molecule has 1 aromatic heterocycles. The lowest BCUT2D eigenvalue weighted by Crippen LogP contribution is -1.97. The summed E-state index contributed by atoms with van der Waals surface area (Å²) in [4.78, 5) is 11.4. The van der Waals surface area contributed by atoms with Crippen molar-refractivity contribution < 1.29 is 9.90 Å². The Labute approximate surface area is 75.2 Å². The van der Waals surface area contributed by atoms with Crippen molar-refractivity contribution in [2.75, 3.05) is 0 Å². The van der Waals surface area contributed by atoms with Crippen LogP contribution in [0.3, 0.4) is 0 Å². The van der Waals surface area contributed by atoms with Crippen LogP contribution in [-0.4, -0.2) is 11.1 Å². The average Bonchev–Trinajstić information content (AvgIpc) is 2.37. The maximum absolute atomic E-state index is 10.3. The number of carboxylic acid groups (broad SMARTS) is 1. The minimum atomic E-state index is -0.809. The van der Waals surface area contributed by atoms with Crippen molar-refractivity contribution in [1.82, 2.24) is 0 Å². The normalized spacial score (nSPS) is 9.67. The first-order chi connectivity index (χ1) is 5.68. The van der Waals surface area contributed by atoms with E-state index in [4.69, 9.17) is 5.11 Å². The lowest BCUT2D eigenvalue weighted by atomic mass is 10.1. The Bertz CT molecular complexity index is 275. The first-order valence-corrected chi connectivity index (χ1v) is 4.47. The highest BCUT2D eigenvalue weighted by molar-refractivity contribution is 7.09. The van der Waals surface area contributed by atoms with Crippen molar-refractivity contribution in [2.45, 2.75) is 12.8 Å². The van der Waals surface area contributed by atoms with Gasteiger partial charge in [-0.3, -0.25) is 4.79 Å². The zero-order valence-corrected chi connectivity index (χ0v) is 7.43. The molecule has 0 saturated heterocycles. The molecule has 3 heteroatoms. The van der Waals surface area contributed by atoms with Crippen LogP contribution in [0.5, 0.6) is 0 Å². The molecule has 2 nitrogen and oxygen atoms in total. The van der Waals surface area contributed by atoms with Crippen LogP contribution in [0.15, 0.2) is 29.7 Å². The van der Waals surface area contributed by atoms with Crippen molar-refractivity contribution in [3.63, 3.8) is 0 Å². The van der Waals surface area contributed by atoms with Crippen LogP contribution in [0.2, 0.25) is 0 Å². The number of thiophene rings is 1. The summed E-state index contributed by atoms with van der Waals surface area (Å²) in [6.07, 6.45) is 0.752. The Morgan fingerprint density at radius 3 is 2.92 bits per heavy atom. The lowest BCUT2D eigenvalue weighted by Gasteiger charge is -1.98. The minimum Gasteiger partial charge on any atom is -0.481 e. The van der Waals surface area contributed by atoms with Crippen LogP contribution in [0.4, 0.5) is 0 Å². The first-order valence-electron chi connectivity index (χ1n) is 3.59. The van der Waals surface area contributed by atoms with E-state index in [0.717, 1.165) is 5.57 Å². The Morgan fingerprint density at radius 2 is 2.42 bits per heavy atom. The van der Waals surface area contributed by atoms with Crippen LogP contribution in [-0.2, 0) is 11.2 Å². The molecule has 12 heavy (non-hydrogen) atoms. The fourth-order valence-corrected chi connectivity index (χ4v) is 1.71. The molecule has 0 spiro atoms. The van der Waals surface area contributed by atoms with E-state index in [-0.39, 0.29) is 6.42 Å². The van der Waals surface area contributed by atoms with Crippen LogP contribution < -0.4 is 0 Å². The second-order valence-corrected chi connectivity index (χ2v) is 3.61. The smallest absolute Gasteiger partial charge is 0.307 e. The monoisotopic (exact) mass is 182 g/mol. The van der Waals surface area contributed by atoms with Gasteiger partial charge in [0.1, 0.15) is 0 Å². The molecule has 1 heterocycles. The lowest BCUT2D eigenvalue weighted by molar-refractivity contribution is -0.136. The number of hydrogen-bond donors (Lipinski definition) is 1. The van der Waals surface area contributed by atoms with Gasteiger partial charge in [0.05, 0.1) is 6.42 Å². The maximum Gasteiger partial charge on any atom is 0.307 e. The predicted octanol–water partition coefficient (Wildman–Crippen LogP) is 2.32. The molecule has 1 rings (SSSR count). The molecule has 0 unspecified atom stereocenters. The molecule has 0 saturated carbocycles. The molecule has 0 amide bonds. The largest absolute Gasteiger partial charge is 0.481 e. The highest BCUT2D eigenvalue weighted by Crippen LogP contribution is 2.14. The van der Waals surface area contributed by atoms with E-state index < -0.39 is 5.97 Å². The van der Waals surface area contributed by atoms with Gasteiger partial charge in [0, 0.05) is 11.3 Å². The fraction of sp³-hybridized carbons (Fsp3) is 0.222. The van der Waals surface area contributed by atoms with E-state index in [0.29, 0.717) is 6.42 Å². The van der Waals surface area contributed by atoms with E-state index in [9.17, 15) is 4.79 Å². The fourth-order valence-electron chi connectivity index (χ4n) is 0.936. The Balaban J connectivity index is 2.42. The summed E-state index contributed by atoms with van der Waals surface area (Å²) in [6, 6.07) is 3.94. The summed E-state index contributed by atoms with van der Waals surface area (Å²) < 4.78 is 0. The third-order valence-electron chi connectivity index (χ3n) is 1.41. The summed E-state index contributed by atoms with van der Waals surface area (Å²) in [6.45, 7) is 3.70. The summed E-state index contributed by atoms with van der Waals surface area (Å²) in [5, 5.41) is 10.4. The molecule has 0 aliphatic carbocycles. The van der Waals surface area contributed by atoms with Crippen molar-refractivity contribution in [1.29, 1.82) is 0 Å². The van der Waals surface area contributed by atoms with E-state index in [2.05, 4.69) is 6.58 Å². The molecule has 0 fully saturated rings. The molecule has 0 aromatic carbocycles. The van der Waals surface area contributed by atoms with Crippen molar-refractivity contribution in [3.8, 4) is 0 Å². The summed E-state index contributed by atoms with van der Waals surface area (Å²) >= 11 is 1.62. The van der Waals surface area contributed by atoms with Crippen LogP contribution >= 0.6 is 11.3 Å². The Hall–Kier alpha value is -1.09. The van der Waals surface area contributed by atoms with Gasteiger partial charge in [-0.05, 0) is 11.4 Å². The highest BCUT2D eigenvalue weighted by Gasteiger charge is 2.02. The number of rotatable bonds is 4. The molecular weight excluding hydrogens is 172 g/mol. The maximum atomic E-state index is 10.3. The zero-order chi connectivity index (χ0) is 8.97. The van der Waals surface area contributed by atoms with Gasteiger partial charge in [0.25, 0.3) is 0 Å². The van der Waals surface area contributed by atoms with Gasteiger partial charge < -0.3 is 5.11 Å². The summed E-state index contributed by atoms with van der Waals surface area (Å²) in [7, 11) is 0. The van der Waals surface area contributed by atoms with Crippen LogP contribution in [0.25, 0.3) is 0 Å².